The third kappa shape index (κ3) is 1.38. The van der Waals surface area contributed by atoms with Gasteiger partial charge in [-0.2, -0.15) is 0 Å². The van der Waals surface area contributed by atoms with E-state index in [1.165, 1.54) is 42.4 Å². The summed E-state index contributed by atoms with van der Waals surface area (Å²) in [5.74, 6) is -0.0405. The zero-order valence-electron chi connectivity index (χ0n) is 11.4. The smallest absolute Gasteiger partial charge is 0.148 e. The van der Waals surface area contributed by atoms with Crippen LogP contribution in [-0.2, 0) is 5.41 Å². The first-order valence-corrected chi connectivity index (χ1v) is 6.92. The van der Waals surface area contributed by atoms with Crippen molar-refractivity contribution >= 4 is 18.3 Å². The van der Waals surface area contributed by atoms with Gasteiger partial charge in [-0.15, -0.1) is 0 Å². The maximum Gasteiger partial charge on any atom is 0.148 e. The van der Waals surface area contributed by atoms with E-state index in [0.717, 1.165) is 11.0 Å². The second kappa shape index (κ2) is 3.98. The molecule has 1 saturated carbocycles. The zero-order valence-corrected chi connectivity index (χ0v) is 11.4. The summed E-state index contributed by atoms with van der Waals surface area (Å²) in [6.45, 7) is 6.26. The fourth-order valence-electron chi connectivity index (χ4n) is 3.92. The first-order valence-electron chi connectivity index (χ1n) is 6.92. The van der Waals surface area contributed by atoms with Crippen molar-refractivity contribution in [1.29, 1.82) is 0 Å². The highest BCUT2D eigenvalue weighted by Gasteiger charge is 2.44. The van der Waals surface area contributed by atoms with Crippen LogP contribution in [0.2, 0.25) is 6.82 Å². The van der Waals surface area contributed by atoms with E-state index >= 15 is 0 Å². The van der Waals surface area contributed by atoms with Gasteiger partial charge in [0.2, 0.25) is 0 Å². The van der Waals surface area contributed by atoms with Crippen molar-refractivity contribution in [1.82, 2.24) is 0 Å². The number of halogens is 1. The largest absolute Gasteiger partial charge is 0.206 e. The first-order chi connectivity index (χ1) is 8.60. The molecule has 0 heterocycles. The molecule has 0 amide bonds. The lowest BCUT2D eigenvalue weighted by Crippen LogP contribution is -2.24. The maximum absolute atomic E-state index is 14.3. The summed E-state index contributed by atoms with van der Waals surface area (Å²) in [5.41, 5.74) is 5.89. The van der Waals surface area contributed by atoms with Gasteiger partial charge >= 0.3 is 0 Å². The minimum absolute atomic E-state index is 0.0405. The summed E-state index contributed by atoms with van der Waals surface area (Å²) in [6, 6.07) is 3.88. The van der Waals surface area contributed by atoms with Gasteiger partial charge in [-0.05, 0) is 43.9 Å². The predicted molar refractivity (Wildman–Crippen MR) is 76.1 cm³/mol. The Bertz CT molecular complexity index is 536. The maximum atomic E-state index is 14.3. The third-order valence-electron chi connectivity index (χ3n) is 5.07. The highest BCUT2D eigenvalue weighted by atomic mass is 19.1. The Balaban J connectivity index is 2.28. The van der Waals surface area contributed by atoms with Crippen LogP contribution in [0.25, 0.3) is 5.57 Å². The molecule has 1 radical (unpaired) electrons. The van der Waals surface area contributed by atoms with Gasteiger partial charge < -0.3 is 0 Å². The average molecular weight is 241 g/mol. The molecule has 0 unspecified atom stereocenters. The Morgan fingerprint density at radius 1 is 1.17 bits per heavy atom. The molecule has 0 N–H and O–H groups in total. The van der Waals surface area contributed by atoms with E-state index in [0.29, 0.717) is 0 Å². The van der Waals surface area contributed by atoms with Gasteiger partial charge in [0.25, 0.3) is 0 Å². The monoisotopic (exact) mass is 241 g/mol. The van der Waals surface area contributed by atoms with E-state index in [1.807, 2.05) is 14.1 Å². The molecule has 0 bridgehead atoms. The Labute approximate surface area is 110 Å². The minimum Gasteiger partial charge on any atom is -0.206 e. The molecule has 2 aliphatic rings. The van der Waals surface area contributed by atoms with Gasteiger partial charge in [0.15, 0.2) is 0 Å². The van der Waals surface area contributed by atoms with E-state index in [9.17, 15) is 4.39 Å². The molecular formula is C16H19BF. The van der Waals surface area contributed by atoms with Gasteiger partial charge in [-0.25, -0.2) is 4.39 Å². The number of hydrogen-bond donors (Lipinski definition) is 0. The van der Waals surface area contributed by atoms with Crippen molar-refractivity contribution in [2.75, 3.05) is 0 Å². The molecule has 1 fully saturated rings. The van der Waals surface area contributed by atoms with Crippen LogP contribution < -0.4 is 5.46 Å². The lowest BCUT2D eigenvalue weighted by atomic mass is 9.69. The molecule has 0 aliphatic heterocycles. The average Bonchev–Trinajstić information content (AvgIpc) is 2.92. The van der Waals surface area contributed by atoms with E-state index in [4.69, 9.17) is 0 Å². The predicted octanol–water partition coefficient (Wildman–Crippen LogP) is 3.82. The summed E-state index contributed by atoms with van der Waals surface area (Å²) in [6.07, 6.45) is 4.92. The number of fused-ring (bicyclic) bond motifs is 2. The van der Waals surface area contributed by atoms with Crippen LogP contribution in [0.3, 0.4) is 0 Å². The lowest BCUT2D eigenvalue weighted by Gasteiger charge is -2.28. The first kappa shape index (κ1) is 12.0. The molecule has 0 aromatic heterocycles. The summed E-state index contributed by atoms with van der Waals surface area (Å²) in [5, 5.41) is 0. The zero-order chi connectivity index (χ0) is 12.9. The molecule has 2 heteroatoms. The van der Waals surface area contributed by atoms with Gasteiger partial charge in [-0.1, -0.05) is 36.8 Å². The summed E-state index contributed by atoms with van der Waals surface area (Å²) < 4.78 is 14.3. The molecule has 18 heavy (non-hydrogen) atoms. The molecule has 2 aliphatic carbocycles. The number of rotatable bonds is 1. The topological polar surface area (TPSA) is 0 Å². The van der Waals surface area contributed by atoms with Crippen molar-refractivity contribution in [3.05, 3.63) is 34.6 Å². The highest BCUT2D eigenvalue weighted by Crippen LogP contribution is 2.55. The van der Waals surface area contributed by atoms with Crippen LogP contribution in [0.4, 0.5) is 4.39 Å². The van der Waals surface area contributed by atoms with Gasteiger partial charge in [0, 0.05) is 11.0 Å². The van der Waals surface area contributed by atoms with E-state index < -0.39 is 0 Å². The van der Waals surface area contributed by atoms with Gasteiger partial charge in [-0.3, -0.25) is 0 Å². The molecular weight excluding hydrogens is 222 g/mol. The standard InChI is InChI=1S/C16H19BF/c1-10-11(2)16(6-4-5-7-16)13-8-12(17-3)9-14(18)15(10)13/h8-9H,4-7H2,1-3H3. The van der Waals surface area contributed by atoms with E-state index in [2.05, 4.69) is 19.9 Å². The Morgan fingerprint density at radius 3 is 2.44 bits per heavy atom. The summed E-state index contributed by atoms with van der Waals surface area (Å²) in [4.78, 5) is 0. The number of hydrogen-bond acceptors (Lipinski definition) is 0. The Kier molecular flexibility index (Phi) is 2.65. The number of benzene rings is 1. The molecule has 1 aromatic carbocycles. The normalized spacial score (nSPS) is 20.7. The summed E-state index contributed by atoms with van der Waals surface area (Å²) >= 11 is 0. The van der Waals surface area contributed by atoms with Gasteiger partial charge in [0.1, 0.15) is 13.1 Å². The van der Waals surface area contributed by atoms with Crippen molar-refractivity contribution in [2.45, 2.75) is 51.8 Å². The third-order valence-corrected chi connectivity index (χ3v) is 5.07. The van der Waals surface area contributed by atoms with E-state index in [-0.39, 0.29) is 11.2 Å². The number of allylic oxidation sites excluding steroid dienone is 2. The van der Waals surface area contributed by atoms with Crippen LogP contribution in [0.15, 0.2) is 17.7 Å². The fourth-order valence-corrected chi connectivity index (χ4v) is 3.92. The molecule has 0 saturated heterocycles. The fraction of sp³-hybridized carbons (Fsp3) is 0.500. The van der Waals surface area contributed by atoms with Crippen molar-refractivity contribution < 1.29 is 4.39 Å². The van der Waals surface area contributed by atoms with Crippen molar-refractivity contribution in [3.8, 4) is 0 Å². The quantitative estimate of drug-likeness (QED) is 0.655. The molecule has 1 aromatic rings. The molecule has 0 atom stereocenters. The lowest BCUT2D eigenvalue weighted by molar-refractivity contribution is 0.529. The molecule has 3 rings (SSSR count). The van der Waals surface area contributed by atoms with Crippen LogP contribution in [0.5, 0.6) is 0 Å². The SMILES string of the molecule is C[B]c1cc(F)c2c(c1)C1(CCCC1)C(C)=C2C. The summed E-state index contributed by atoms with van der Waals surface area (Å²) in [7, 11) is 2.00. The van der Waals surface area contributed by atoms with Crippen LogP contribution in [0.1, 0.15) is 50.7 Å². The Morgan fingerprint density at radius 2 is 1.83 bits per heavy atom. The van der Waals surface area contributed by atoms with Gasteiger partial charge in [0.05, 0.1) is 0 Å². The molecule has 1 spiro atoms. The van der Waals surface area contributed by atoms with Crippen LogP contribution in [0, 0.1) is 5.82 Å². The highest BCUT2D eigenvalue weighted by molar-refractivity contribution is 6.52. The molecule has 0 nitrogen and oxygen atoms in total. The second-order valence-electron chi connectivity index (χ2n) is 5.75. The van der Waals surface area contributed by atoms with Crippen LogP contribution >= 0.6 is 0 Å². The Hall–Kier alpha value is -1.05. The van der Waals surface area contributed by atoms with Crippen molar-refractivity contribution in [3.63, 3.8) is 0 Å². The van der Waals surface area contributed by atoms with Crippen molar-refractivity contribution in [2.24, 2.45) is 0 Å². The molecule has 93 valence electrons. The minimum atomic E-state index is -0.0405. The van der Waals surface area contributed by atoms with E-state index in [1.54, 1.807) is 6.07 Å². The second-order valence-corrected chi connectivity index (χ2v) is 5.75. The van der Waals surface area contributed by atoms with Crippen LogP contribution in [-0.4, -0.2) is 7.28 Å².